The van der Waals surface area contributed by atoms with Crippen LogP contribution < -0.4 is 5.32 Å². The smallest absolute Gasteiger partial charge is 0.243 e. The van der Waals surface area contributed by atoms with Gasteiger partial charge in [0.1, 0.15) is 5.82 Å². The number of nitrogens with one attached hydrogen (secondary N) is 1. The summed E-state index contributed by atoms with van der Waals surface area (Å²) >= 11 is 0. The Kier molecular flexibility index (Phi) is 6.27. The Morgan fingerprint density at radius 1 is 1.08 bits per heavy atom. The molecule has 0 fully saturated rings. The number of sulfonamides is 1. The minimum Gasteiger partial charge on any atom is -0.325 e. The fourth-order valence-electron chi connectivity index (χ4n) is 2.42. The van der Waals surface area contributed by atoms with Crippen LogP contribution in [0, 0.1) is 5.82 Å². The van der Waals surface area contributed by atoms with Gasteiger partial charge >= 0.3 is 0 Å². The minimum absolute atomic E-state index is 0.0440. The topological polar surface area (TPSA) is 66.5 Å². The lowest BCUT2D eigenvalue weighted by molar-refractivity contribution is -0.116. The predicted octanol–water partition coefficient (Wildman–Crippen LogP) is 3.04. The van der Waals surface area contributed by atoms with Crippen molar-refractivity contribution in [2.24, 2.45) is 0 Å². The molecule has 2 aromatic rings. The van der Waals surface area contributed by atoms with Crippen LogP contribution in [-0.4, -0.2) is 31.7 Å². The van der Waals surface area contributed by atoms with Crippen LogP contribution in [0.2, 0.25) is 0 Å². The van der Waals surface area contributed by atoms with Gasteiger partial charge in [-0.1, -0.05) is 32.0 Å². The van der Waals surface area contributed by atoms with Crippen molar-refractivity contribution >= 4 is 21.6 Å². The first-order valence-corrected chi connectivity index (χ1v) is 9.46. The Labute approximate surface area is 147 Å². The molecule has 0 aliphatic heterocycles. The Morgan fingerprint density at radius 2 is 1.72 bits per heavy atom. The van der Waals surface area contributed by atoms with Gasteiger partial charge < -0.3 is 5.32 Å². The van der Waals surface area contributed by atoms with Gasteiger partial charge in [0.2, 0.25) is 15.9 Å². The normalized spacial score (nSPS) is 11.5. The van der Waals surface area contributed by atoms with E-state index in [2.05, 4.69) is 5.32 Å². The number of rotatable bonds is 7. The van der Waals surface area contributed by atoms with Gasteiger partial charge in [-0.15, -0.1) is 0 Å². The van der Waals surface area contributed by atoms with Crippen molar-refractivity contribution in [2.75, 3.05) is 18.4 Å². The van der Waals surface area contributed by atoms with Crippen molar-refractivity contribution in [3.8, 4) is 0 Å². The maximum Gasteiger partial charge on any atom is 0.243 e. The van der Waals surface area contributed by atoms with Gasteiger partial charge in [-0.2, -0.15) is 4.31 Å². The number of para-hydroxylation sites is 1. The van der Waals surface area contributed by atoms with Gasteiger partial charge in [-0.3, -0.25) is 4.79 Å². The second-order valence-corrected chi connectivity index (χ2v) is 7.38. The molecule has 1 N–H and O–H groups in total. The van der Waals surface area contributed by atoms with E-state index in [0.717, 1.165) is 28.4 Å². The Balaban J connectivity index is 2.15. The lowest BCUT2D eigenvalue weighted by Gasteiger charge is -2.20. The third-order valence-corrected chi connectivity index (χ3v) is 5.73. The molecule has 134 valence electrons. The summed E-state index contributed by atoms with van der Waals surface area (Å²) in [7, 11) is -3.87. The van der Waals surface area contributed by atoms with Gasteiger partial charge in [-0.25, -0.2) is 12.8 Å². The van der Waals surface area contributed by atoms with Crippen molar-refractivity contribution in [1.82, 2.24) is 4.31 Å². The molecule has 5 nitrogen and oxygen atoms in total. The minimum atomic E-state index is -3.87. The second-order valence-electron chi connectivity index (χ2n) is 5.44. The van der Waals surface area contributed by atoms with Crippen molar-refractivity contribution in [3.63, 3.8) is 0 Å². The molecule has 0 aliphatic rings. The first-order chi connectivity index (χ1) is 11.9. The number of amides is 1. The van der Waals surface area contributed by atoms with Gasteiger partial charge in [0, 0.05) is 12.2 Å². The highest BCUT2D eigenvalue weighted by Gasteiger charge is 2.25. The van der Waals surface area contributed by atoms with Gasteiger partial charge in [0.15, 0.2) is 0 Å². The van der Waals surface area contributed by atoms with E-state index < -0.39 is 21.7 Å². The lowest BCUT2D eigenvalue weighted by atomic mass is 10.1. The first-order valence-electron chi connectivity index (χ1n) is 8.02. The van der Waals surface area contributed by atoms with E-state index in [1.54, 1.807) is 13.0 Å². The summed E-state index contributed by atoms with van der Waals surface area (Å²) in [5.74, 6) is -0.940. The molecule has 0 saturated carbocycles. The van der Waals surface area contributed by atoms with Crippen LogP contribution in [0.25, 0.3) is 0 Å². The highest BCUT2D eigenvalue weighted by atomic mass is 32.2. The molecule has 0 radical (unpaired) electrons. The van der Waals surface area contributed by atoms with Crippen molar-refractivity contribution < 1.29 is 17.6 Å². The molecular formula is C18H21FN2O3S. The van der Waals surface area contributed by atoms with E-state index in [0.29, 0.717) is 5.69 Å². The maximum atomic E-state index is 13.0. The zero-order valence-electron chi connectivity index (χ0n) is 14.2. The fourth-order valence-corrected chi connectivity index (χ4v) is 3.83. The number of halogens is 1. The molecule has 0 aromatic heterocycles. The molecule has 0 spiro atoms. The van der Waals surface area contributed by atoms with E-state index in [4.69, 9.17) is 0 Å². The SMILES string of the molecule is CCc1ccccc1NC(=O)CN(CC)S(=O)(=O)c1ccc(F)cc1. The molecule has 0 heterocycles. The standard InChI is InChI=1S/C18H21FN2O3S/c1-3-14-7-5-6-8-17(14)20-18(22)13-21(4-2)25(23,24)16-11-9-15(19)10-12-16/h5-12H,3-4,13H2,1-2H3,(H,20,22). The van der Waals surface area contributed by atoms with Gasteiger partial charge in [0.05, 0.1) is 11.4 Å². The first kappa shape index (κ1) is 19.1. The van der Waals surface area contributed by atoms with Crippen LogP contribution in [0.4, 0.5) is 10.1 Å². The zero-order valence-corrected chi connectivity index (χ0v) is 15.0. The summed E-state index contributed by atoms with van der Waals surface area (Å²) in [5.41, 5.74) is 1.64. The quantitative estimate of drug-likeness (QED) is 0.821. The van der Waals surface area contributed by atoms with Crippen LogP contribution in [0.3, 0.4) is 0 Å². The Bertz CT molecular complexity index is 836. The molecule has 2 rings (SSSR count). The van der Waals surface area contributed by atoms with E-state index >= 15 is 0 Å². The maximum absolute atomic E-state index is 13.0. The highest BCUT2D eigenvalue weighted by Crippen LogP contribution is 2.18. The van der Waals surface area contributed by atoms with Crippen LogP contribution in [-0.2, 0) is 21.2 Å². The molecule has 0 atom stereocenters. The zero-order chi connectivity index (χ0) is 18.4. The number of hydrogen-bond acceptors (Lipinski definition) is 3. The molecule has 0 bridgehead atoms. The summed E-state index contributed by atoms with van der Waals surface area (Å²) < 4.78 is 39.3. The molecule has 0 aliphatic carbocycles. The molecule has 2 aromatic carbocycles. The molecule has 25 heavy (non-hydrogen) atoms. The second kappa shape index (κ2) is 8.22. The predicted molar refractivity (Wildman–Crippen MR) is 95.3 cm³/mol. The number of aryl methyl sites for hydroxylation is 1. The average molecular weight is 364 g/mol. The van der Waals surface area contributed by atoms with Crippen LogP contribution in [0.1, 0.15) is 19.4 Å². The number of carbonyl (C=O) groups is 1. The molecule has 0 saturated heterocycles. The van der Waals surface area contributed by atoms with Crippen LogP contribution in [0.15, 0.2) is 53.4 Å². The average Bonchev–Trinajstić information content (AvgIpc) is 2.60. The summed E-state index contributed by atoms with van der Waals surface area (Å²) in [6.07, 6.45) is 0.752. The molecular weight excluding hydrogens is 343 g/mol. The lowest BCUT2D eigenvalue weighted by Crippen LogP contribution is -2.38. The van der Waals surface area contributed by atoms with E-state index in [1.807, 2.05) is 25.1 Å². The van der Waals surface area contributed by atoms with Crippen LogP contribution in [0.5, 0.6) is 0 Å². The van der Waals surface area contributed by atoms with E-state index in [1.165, 1.54) is 12.1 Å². The third kappa shape index (κ3) is 4.64. The third-order valence-electron chi connectivity index (χ3n) is 3.80. The summed E-state index contributed by atoms with van der Waals surface area (Å²) in [4.78, 5) is 12.3. The molecule has 0 unspecified atom stereocenters. The molecule has 7 heteroatoms. The van der Waals surface area contributed by atoms with Crippen LogP contribution >= 0.6 is 0 Å². The van der Waals surface area contributed by atoms with Crippen molar-refractivity contribution in [2.45, 2.75) is 25.2 Å². The molecule has 1 amide bonds. The summed E-state index contributed by atoms with van der Waals surface area (Å²) in [6, 6.07) is 11.9. The number of likely N-dealkylation sites (N-methyl/N-ethyl adjacent to an activating group) is 1. The van der Waals surface area contributed by atoms with Gasteiger partial charge in [-0.05, 0) is 42.3 Å². The van der Waals surface area contributed by atoms with E-state index in [9.17, 15) is 17.6 Å². The summed E-state index contributed by atoms with van der Waals surface area (Å²) in [6.45, 7) is 3.44. The van der Waals surface area contributed by atoms with Crippen molar-refractivity contribution in [1.29, 1.82) is 0 Å². The van der Waals surface area contributed by atoms with Crippen molar-refractivity contribution in [3.05, 3.63) is 59.9 Å². The van der Waals surface area contributed by atoms with E-state index in [-0.39, 0.29) is 18.0 Å². The Morgan fingerprint density at radius 3 is 2.32 bits per heavy atom. The monoisotopic (exact) mass is 364 g/mol. The summed E-state index contributed by atoms with van der Waals surface area (Å²) in [5, 5.41) is 2.75. The number of carbonyl (C=O) groups excluding carboxylic acids is 1. The fraction of sp³-hybridized carbons (Fsp3) is 0.278. The number of nitrogens with zero attached hydrogens (tertiary/aromatic N) is 1. The largest absolute Gasteiger partial charge is 0.325 e. The number of anilines is 1. The highest BCUT2D eigenvalue weighted by molar-refractivity contribution is 7.89. The number of hydrogen-bond donors (Lipinski definition) is 1. The van der Waals surface area contributed by atoms with Gasteiger partial charge in [0.25, 0.3) is 0 Å². The number of benzene rings is 2. The Hall–Kier alpha value is -2.25.